The van der Waals surface area contributed by atoms with E-state index in [4.69, 9.17) is 4.74 Å². The molecule has 4 rings (SSSR count). The monoisotopic (exact) mass is 533 g/mol. The summed E-state index contributed by atoms with van der Waals surface area (Å²) in [4.78, 5) is 30.8. The lowest BCUT2D eigenvalue weighted by molar-refractivity contribution is -0.127. The summed E-state index contributed by atoms with van der Waals surface area (Å²) in [5, 5.41) is 6.46. The molecule has 202 valence electrons. The number of rotatable bonds is 12. The molecule has 1 aliphatic rings. The highest BCUT2D eigenvalue weighted by Gasteiger charge is 2.26. The van der Waals surface area contributed by atoms with E-state index in [1.54, 1.807) is 11.7 Å². The van der Waals surface area contributed by atoms with E-state index in [1.807, 2.05) is 36.4 Å². The molecule has 38 heavy (non-hydrogen) atoms. The Bertz CT molecular complexity index is 1100. The number of hydrogen-bond acceptors (Lipinski definition) is 5. The summed E-state index contributed by atoms with van der Waals surface area (Å²) in [6.45, 7) is 2.48. The van der Waals surface area contributed by atoms with Gasteiger partial charge in [0, 0.05) is 24.2 Å². The van der Waals surface area contributed by atoms with Gasteiger partial charge in [0.05, 0.1) is 10.4 Å². The molecule has 0 bridgehead atoms. The Hall–Kier alpha value is -3.19. The first-order valence-corrected chi connectivity index (χ1v) is 14.6. The Morgan fingerprint density at radius 2 is 1.47 bits per heavy atom. The molecule has 0 aliphatic heterocycles. The normalized spacial score (nSPS) is 18.8. The minimum atomic E-state index is -0.431. The van der Waals surface area contributed by atoms with Crippen molar-refractivity contribution in [1.29, 1.82) is 0 Å². The maximum atomic E-state index is 13.2. The molecule has 0 saturated heterocycles. The second kappa shape index (κ2) is 14.7. The van der Waals surface area contributed by atoms with Crippen molar-refractivity contribution in [2.75, 3.05) is 0 Å². The van der Waals surface area contributed by atoms with Crippen LogP contribution in [-0.2, 0) is 29.0 Å². The molecule has 1 heterocycles. The molecule has 2 atom stereocenters. The molecule has 1 aliphatic carbocycles. The molecular formula is C31H39N3O3S. The van der Waals surface area contributed by atoms with Gasteiger partial charge in [-0.25, -0.2) is 4.79 Å². The molecule has 1 saturated carbocycles. The minimum Gasteiger partial charge on any atom is -0.444 e. The first-order valence-electron chi connectivity index (χ1n) is 13.7. The average molecular weight is 534 g/mol. The number of ether oxygens (including phenoxy) is 1. The molecule has 2 amide bonds. The van der Waals surface area contributed by atoms with E-state index < -0.39 is 6.09 Å². The van der Waals surface area contributed by atoms with Gasteiger partial charge in [-0.05, 0) is 68.4 Å². The van der Waals surface area contributed by atoms with Gasteiger partial charge in [-0.15, -0.1) is 11.3 Å². The predicted octanol–water partition coefficient (Wildman–Crippen LogP) is 6.31. The van der Waals surface area contributed by atoms with Gasteiger partial charge in [0.15, 0.2) is 0 Å². The fraction of sp³-hybridized carbons (Fsp3) is 0.452. The standard InChI is InChI=1S/C31H39N3O3S/c1-23-12-14-26(15-13-23)30(35)33-27(18-24-8-4-2-5-9-24)16-17-28(19-25-10-6-3-7-11-25)34-31(36)37-21-29-20-32-22-38-29/h2-11,20,22-23,26-28H,12-19,21H2,1H3,(H,33,35)(H,34,36)/t23?,26?,27-,28-/m1/s1. The van der Waals surface area contributed by atoms with Crippen molar-refractivity contribution in [1.82, 2.24) is 15.6 Å². The quantitative estimate of drug-likeness (QED) is 0.286. The van der Waals surface area contributed by atoms with Crippen LogP contribution in [0.25, 0.3) is 0 Å². The molecule has 1 fully saturated rings. The van der Waals surface area contributed by atoms with Crippen molar-refractivity contribution >= 4 is 23.3 Å². The lowest BCUT2D eigenvalue weighted by Gasteiger charge is -2.28. The summed E-state index contributed by atoms with van der Waals surface area (Å²) >= 11 is 1.46. The number of nitrogens with one attached hydrogen (secondary N) is 2. The zero-order chi connectivity index (χ0) is 26.6. The number of nitrogens with zero attached hydrogens (tertiary/aromatic N) is 1. The van der Waals surface area contributed by atoms with Crippen LogP contribution in [0.3, 0.4) is 0 Å². The maximum absolute atomic E-state index is 13.2. The van der Waals surface area contributed by atoms with E-state index in [0.29, 0.717) is 12.3 Å². The minimum absolute atomic E-state index is 0.00228. The van der Waals surface area contributed by atoms with E-state index in [0.717, 1.165) is 55.4 Å². The molecule has 0 unspecified atom stereocenters. The van der Waals surface area contributed by atoms with Crippen molar-refractivity contribution < 1.29 is 14.3 Å². The van der Waals surface area contributed by atoms with Crippen molar-refractivity contribution in [3.8, 4) is 0 Å². The fourth-order valence-electron chi connectivity index (χ4n) is 5.15. The van der Waals surface area contributed by atoms with Gasteiger partial charge in [0.25, 0.3) is 0 Å². The van der Waals surface area contributed by atoms with E-state index in [1.165, 1.54) is 16.9 Å². The van der Waals surface area contributed by atoms with Crippen LogP contribution in [-0.4, -0.2) is 29.1 Å². The molecule has 7 heteroatoms. The Labute approximate surface area is 230 Å². The number of amides is 2. The summed E-state index contributed by atoms with van der Waals surface area (Å²) in [6.07, 6.45) is 8.40. The van der Waals surface area contributed by atoms with Crippen LogP contribution in [0.1, 0.15) is 61.5 Å². The SMILES string of the molecule is CC1CCC(C(=O)N[C@H](CC[C@H](Cc2ccccc2)NC(=O)OCc2cncs2)Cc2ccccc2)CC1. The third kappa shape index (κ3) is 9.28. The van der Waals surface area contributed by atoms with E-state index >= 15 is 0 Å². The van der Waals surface area contributed by atoms with Crippen molar-refractivity contribution in [3.63, 3.8) is 0 Å². The number of hydrogen-bond donors (Lipinski definition) is 2. The number of aromatic nitrogens is 1. The Kier molecular flexibility index (Phi) is 10.7. The van der Waals surface area contributed by atoms with Crippen LogP contribution in [0.4, 0.5) is 4.79 Å². The topological polar surface area (TPSA) is 80.3 Å². The lowest BCUT2D eigenvalue weighted by Crippen LogP contribution is -2.43. The number of benzene rings is 2. The highest BCUT2D eigenvalue weighted by Crippen LogP contribution is 2.28. The van der Waals surface area contributed by atoms with Gasteiger partial charge in [0.2, 0.25) is 5.91 Å². The Morgan fingerprint density at radius 1 is 0.895 bits per heavy atom. The molecular weight excluding hydrogens is 494 g/mol. The third-order valence-electron chi connectivity index (χ3n) is 7.40. The highest BCUT2D eigenvalue weighted by molar-refractivity contribution is 7.09. The van der Waals surface area contributed by atoms with Crippen molar-refractivity contribution in [3.05, 3.63) is 88.4 Å². The second-order valence-electron chi connectivity index (χ2n) is 10.5. The smallest absolute Gasteiger partial charge is 0.407 e. The summed E-state index contributed by atoms with van der Waals surface area (Å²) in [5.41, 5.74) is 4.08. The summed E-state index contributed by atoms with van der Waals surface area (Å²) in [7, 11) is 0. The van der Waals surface area contributed by atoms with Crippen LogP contribution in [0.2, 0.25) is 0 Å². The van der Waals surface area contributed by atoms with Crippen LogP contribution in [0.15, 0.2) is 72.4 Å². The first-order chi connectivity index (χ1) is 18.5. The predicted molar refractivity (Wildman–Crippen MR) is 152 cm³/mol. The second-order valence-corrected chi connectivity index (χ2v) is 11.5. The summed E-state index contributed by atoms with van der Waals surface area (Å²) < 4.78 is 5.46. The van der Waals surface area contributed by atoms with Gasteiger partial charge >= 0.3 is 6.09 Å². The maximum Gasteiger partial charge on any atom is 0.407 e. The molecule has 3 aromatic rings. The van der Waals surface area contributed by atoms with Crippen LogP contribution < -0.4 is 10.6 Å². The molecule has 2 aromatic carbocycles. The van der Waals surface area contributed by atoms with E-state index in [-0.39, 0.29) is 30.5 Å². The molecule has 2 N–H and O–H groups in total. The van der Waals surface area contributed by atoms with Crippen LogP contribution >= 0.6 is 11.3 Å². The zero-order valence-electron chi connectivity index (χ0n) is 22.2. The Balaban J connectivity index is 1.39. The Morgan fingerprint density at radius 3 is 2.03 bits per heavy atom. The number of thiazole rings is 1. The van der Waals surface area contributed by atoms with Crippen molar-refractivity contribution in [2.24, 2.45) is 11.8 Å². The van der Waals surface area contributed by atoms with Gasteiger partial charge < -0.3 is 15.4 Å². The van der Waals surface area contributed by atoms with E-state index in [2.05, 4.69) is 46.8 Å². The summed E-state index contributed by atoms with van der Waals surface area (Å²) in [6, 6.07) is 20.4. The first kappa shape index (κ1) is 27.8. The lowest BCUT2D eigenvalue weighted by atomic mass is 9.82. The van der Waals surface area contributed by atoms with Gasteiger partial charge in [-0.2, -0.15) is 0 Å². The van der Waals surface area contributed by atoms with Crippen LogP contribution in [0, 0.1) is 11.8 Å². The number of carbonyl (C=O) groups is 2. The highest BCUT2D eigenvalue weighted by atomic mass is 32.1. The third-order valence-corrected chi connectivity index (χ3v) is 8.15. The number of carbonyl (C=O) groups excluding carboxylic acids is 2. The van der Waals surface area contributed by atoms with Gasteiger partial charge in [-0.1, -0.05) is 67.6 Å². The average Bonchev–Trinajstić information content (AvgIpc) is 3.46. The largest absolute Gasteiger partial charge is 0.444 e. The van der Waals surface area contributed by atoms with Crippen molar-refractivity contribution in [2.45, 2.75) is 77.0 Å². The summed E-state index contributed by atoms with van der Waals surface area (Å²) in [5.74, 6) is 0.985. The molecule has 0 spiro atoms. The fourth-order valence-corrected chi connectivity index (χ4v) is 5.66. The molecule has 0 radical (unpaired) electrons. The van der Waals surface area contributed by atoms with E-state index in [9.17, 15) is 9.59 Å². The molecule has 6 nitrogen and oxygen atoms in total. The van der Waals surface area contributed by atoms with Gasteiger partial charge in [-0.3, -0.25) is 9.78 Å². The molecule has 1 aromatic heterocycles. The van der Waals surface area contributed by atoms with Crippen LogP contribution in [0.5, 0.6) is 0 Å². The van der Waals surface area contributed by atoms with Gasteiger partial charge in [0.1, 0.15) is 6.61 Å². The zero-order valence-corrected chi connectivity index (χ0v) is 23.0. The number of alkyl carbamates (subject to hydrolysis) is 1.